The molecule has 1 aromatic heterocycles. The highest BCUT2D eigenvalue weighted by Crippen LogP contribution is 2.17. The van der Waals surface area contributed by atoms with Gasteiger partial charge in [-0.15, -0.1) is 0 Å². The summed E-state index contributed by atoms with van der Waals surface area (Å²) >= 11 is 0. The molecule has 3 rings (SSSR count). The van der Waals surface area contributed by atoms with Gasteiger partial charge in [0.05, 0.1) is 12.7 Å². The van der Waals surface area contributed by atoms with Crippen LogP contribution in [-0.2, 0) is 0 Å². The van der Waals surface area contributed by atoms with Crippen molar-refractivity contribution in [3.05, 3.63) is 83.7 Å². The number of anilines is 2. The molecule has 0 saturated carbocycles. The van der Waals surface area contributed by atoms with Crippen molar-refractivity contribution in [3.63, 3.8) is 0 Å². The van der Waals surface area contributed by atoms with Gasteiger partial charge in [0.15, 0.2) is 0 Å². The maximum absolute atomic E-state index is 12.3. The lowest BCUT2D eigenvalue weighted by Crippen LogP contribution is -2.14. The summed E-state index contributed by atoms with van der Waals surface area (Å²) in [5.41, 5.74) is 3.08. The van der Waals surface area contributed by atoms with Crippen molar-refractivity contribution in [2.75, 3.05) is 17.7 Å². The van der Waals surface area contributed by atoms with Crippen molar-refractivity contribution < 1.29 is 14.3 Å². The van der Waals surface area contributed by atoms with Crippen molar-refractivity contribution in [1.29, 1.82) is 0 Å². The number of aryl methyl sites for hydroxylation is 1. The average molecular weight is 361 g/mol. The number of rotatable bonds is 5. The first-order valence-corrected chi connectivity index (χ1v) is 8.34. The molecule has 0 radical (unpaired) electrons. The topological polar surface area (TPSA) is 80.3 Å². The van der Waals surface area contributed by atoms with Crippen LogP contribution in [0, 0.1) is 6.92 Å². The number of nitrogens with zero attached hydrogens (tertiary/aromatic N) is 1. The normalized spacial score (nSPS) is 10.1. The number of aromatic nitrogens is 1. The second-order valence-electron chi connectivity index (χ2n) is 5.90. The summed E-state index contributed by atoms with van der Waals surface area (Å²) in [6.07, 6.45) is 1.53. The number of amides is 2. The van der Waals surface area contributed by atoms with E-state index in [1.807, 2.05) is 6.92 Å². The van der Waals surface area contributed by atoms with Crippen LogP contribution in [0.15, 0.2) is 66.9 Å². The van der Waals surface area contributed by atoms with Gasteiger partial charge in [0.1, 0.15) is 5.75 Å². The van der Waals surface area contributed by atoms with E-state index in [1.165, 1.54) is 6.20 Å². The van der Waals surface area contributed by atoms with Gasteiger partial charge in [-0.3, -0.25) is 14.6 Å². The number of hydrogen-bond acceptors (Lipinski definition) is 4. The molecular formula is C21H19N3O3. The SMILES string of the molecule is COc1ccc(NC(=O)c2ccc(NC(=O)c3ccc(C)nc3)cc2)cc1. The third-order valence-corrected chi connectivity index (χ3v) is 3.93. The van der Waals surface area contributed by atoms with Gasteiger partial charge < -0.3 is 15.4 Å². The van der Waals surface area contributed by atoms with Gasteiger partial charge in [-0.05, 0) is 67.6 Å². The largest absolute Gasteiger partial charge is 0.497 e. The molecule has 0 bridgehead atoms. The lowest BCUT2D eigenvalue weighted by atomic mass is 10.1. The number of pyridine rings is 1. The first kappa shape index (κ1) is 18.1. The first-order valence-electron chi connectivity index (χ1n) is 8.34. The molecule has 6 nitrogen and oxygen atoms in total. The van der Waals surface area contributed by atoms with Crippen LogP contribution in [0.25, 0.3) is 0 Å². The van der Waals surface area contributed by atoms with E-state index in [-0.39, 0.29) is 11.8 Å². The highest BCUT2D eigenvalue weighted by atomic mass is 16.5. The zero-order valence-electron chi connectivity index (χ0n) is 15.0. The van der Waals surface area contributed by atoms with E-state index in [2.05, 4.69) is 15.6 Å². The number of methoxy groups -OCH3 is 1. The minimum Gasteiger partial charge on any atom is -0.497 e. The molecule has 0 unspecified atom stereocenters. The third kappa shape index (κ3) is 4.70. The van der Waals surface area contributed by atoms with E-state index >= 15 is 0 Å². The third-order valence-electron chi connectivity index (χ3n) is 3.93. The quantitative estimate of drug-likeness (QED) is 0.722. The molecule has 0 atom stereocenters. The van der Waals surface area contributed by atoms with Gasteiger partial charge >= 0.3 is 0 Å². The van der Waals surface area contributed by atoms with Crippen LogP contribution in [0.5, 0.6) is 5.75 Å². The number of benzene rings is 2. The minimum atomic E-state index is -0.252. The Balaban J connectivity index is 1.62. The van der Waals surface area contributed by atoms with Crippen molar-refractivity contribution in [2.45, 2.75) is 6.92 Å². The predicted octanol–water partition coefficient (Wildman–Crippen LogP) is 3.90. The molecule has 6 heteroatoms. The fourth-order valence-electron chi connectivity index (χ4n) is 2.39. The summed E-state index contributed by atoms with van der Waals surface area (Å²) in [7, 11) is 1.59. The summed E-state index contributed by atoms with van der Waals surface area (Å²) in [5, 5.41) is 5.59. The van der Waals surface area contributed by atoms with Crippen LogP contribution in [0.1, 0.15) is 26.4 Å². The molecule has 0 aliphatic heterocycles. The van der Waals surface area contributed by atoms with Crippen LogP contribution in [-0.4, -0.2) is 23.9 Å². The lowest BCUT2D eigenvalue weighted by molar-refractivity contribution is 0.101. The summed E-state index contributed by atoms with van der Waals surface area (Å²) in [4.78, 5) is 28.6. The Kier molecular flexibility index (Phi) is 5.47. The number of nitrogens with one attached hydrogen (secondary N) is 2. The Bertz CT molecular complexity index is 934. The number of carbonyl (C=O) groups is 2. The molecule has 2 amide bonds. The minimum absolute atomic E-state index is 0.235. The molecular weight excluding hydrogens is 342 g/mol. The lowest BCUT2D eigenvalue weighted by Gasteiger charge is -2.08. The predicted molar refractivity (Wildman–Crippen MR) is 104 cm³/mol. The maximum atomic E-state index is 12.3. The molecule has 0 aliphatic rings. The van der Waals surface area contributed by atoms with E-state index in [0.717, 1.165) is 11.4 Å². The monoisotopic (exact) mass is 361 g/mol. The van der Waals surface area contributed by atoms with Gasteiger partial charge in [0, 0.05) is 28.8 Å². The van der Waals surface area contributed by atoms with Crippen molar-refractivity contribution in [3.8, 4) is 5.75 Å². The second kappa shape index (κ2) is 8.14. The van der Waals surface area contributed by atoms with Crippen LogP contribution < -0.4 is 15.4 Å². The first-order chi connectivity index (χ1) is 13.0. The van der Waals surface area contributed by atoms with Gasteiger partial charge in [-0.25, -0.2) is 0 Å². The Morgan fingerprint density at radius 2 is 1.30 bits per heavy atom. The van der Waals surface area contributed by atoms with Crippen molar-refractivity contribution in [1.82, 2.24) is 4.98 Å². The van der Waals surface area contributed by atoms with E-state index in [1.54, 1.807) is 67.8 Å². The van der Waals surface area contributed by atoms with Crippen LogP contribution >= 0.6 is 0 Å². The van der Waals surface area contributed by atoms with E-state index < -0.39 is 0 Å². The van der Waals surface area contributed by atoms with Crippen LogP contribution in [0.2, 0.25) is 0 Å². The van der Waals surface area contributed by atoms with Gasteiger partial charge in [0.2, 0.25) is 0 Å². The molecule has 0 fully saturated rings. The van der Waals surface area contributed by atoms with Crippen molar-refractivity contribution >= 4 is 23.2 Å². The average Bonchev–Trinajstić information content (AvgIpc) is 2.69. The molecule has 3 aromatic rings. The molecule has 27 heavy (non-hydrogen) atoms. The van der Waals surface area contributed by atoms with E-state index in [0.29, 0.717) is 22.5 Å². The highest BCUT2D eigenvalue weighted by Gasteiger charge is 2.09. The molecule has 1 heterocycles. The number of hydrogen-bond donors (Lipinski definition) is 2. The molecule has 2 N–H and O–H groups in total. The molecule has 0 spiro atoms. The van der Waals surface area contributed by atoms with Gasteiger partial charge in [-0.2, -0.15) is 0 Å². The Morgan fingerprint density at radius 1 is 0.778 bits per heavy atom. The molecule has 0 aliphatic carbocycles. The molecule has 0 saturated heterocycles. The zero-order valence-corrected chi connectivity index (χ0v) is 15.0. The van der Waals surface area contributed by atoms with Crippen molar-refractivity contribution in [2.24, 2.45) is 0 Å². The second-order valence-corrected chi connectivity index (χ2v) is 5.90. The van der Waals surface area contributed by atoms with E-state index in [4.69, 9.17) is 4.74 Å². The Morgan fingerprint density at radius 3 is 1.81 bits per heavy atom. The standard InChI is InChI=1S/C21H19N3O3/c1-14-3-4-16(13-22-14)21(26)24-17-7-5-15(6-8-17)20(25)23-18-9-11-19(27-2)12-10-18/h3-13H,1-2H3,(H,23,25)(H,24,26). The number of ether oxygens (including phenoxy) is 1. The fraction of sp³-hybridized carbons (Fsp3) is 0.0952. The summed E-state index contributed by atoms with van der Waals surface area (Å²) in [5.74, 6) is 0.232. The zero-order chi connectivity index (χ0) is 19.2. The molecule has 2 aromatic carbocycles. The van der Waals surface area contributed by atoms with Crippen LogP contribution in [0.4, 0.5) is 11.4 Å². The fourth-order valence-corrected chi connectivity index (χ4v) is 2.39. The van der Waals surface area contributed by atoms with Gasteiger partial charge in [-0.1, -0.05) is 0 Å². The smallest absolute Gasteiger partial charge is 0.257 e. The highest BCUT2D eigenvalue weighted by molar-refractivity contribution is 6.06. The Labute approximate surface area is 157 Å². The number of carbonyl (C=O) groups excluding carboxylic acids is 2. The Hall–Kier alpha value is -3.67. The summed E-state index contributed by atoms with van der Waals surface area (Å²) in [6, 6.07) is 17.2. The summed E-state index contributed by atoms with van der Waals surface area (Å²) < 4.78 is 5.09. The summed E-state index contributed by atoms with van der Waals surface area (Å²) in [6.45, 7) is 1.86. The van der Waals surface area contributed by atoms with E-state index in [9.17, 15) is 9.59 Å². The maximum Gasteiger partial charge on any atom is 0.257 e. The van der Waals surface area contributed by atoms with Crippen LogP contribution in [0.3, 0.4) is 0 Å². The van der Waals surface area contributed by atoms with Gasteiger partial charge in [0.25, 0.3) is 11.8 Å². The molecule has 136 valence electrons.